The molecule has 1 aromatic carbocycles. The van der Waals surface area contributed by atoms with Gasteiger partial charge in [0.05, 0.1) is 0 Å². The molecule has 0 aliphatic heterocycles. The average molecular weight is 262 g/mol. The van der Waals surface area contributed by atoms with E-state index in [4.69, 9.17) is 11.6 Å². The summed E-state index contributed by atoms with van der Waals surface area (Å²) in [5, 5.41) is 10.5. The van der Waals surface area contributed by atoms with Crippen molar-refractivity contribution in [2.45, 2.75) is 6.92 Å². The second-order valence-corrected chi connectivity index (χ2v) is 4.07. The van der Waals surface area contributed by atoms with Gasteiger partial charge in [-0.3, -0.25) is 0 Å². The van der Waals surface area contributed by atoms with Crippen LogP contribution in [0.15, 0.2) is 28.9 Å². The van der Waals surface area contributed by atoms with E-state index >= 15 is 0 Å². The van der Waals surface area contributed by atoms with E-state index < -0.39 is 0 Å². The number of rotatable bonds is 2. The monoisotopic (exact) mass is 261 g/mol. The van der Waals surface area contributed by atoms with Crippen molar-refractivity contribution in [1.82, 2.24) is 20.3 Å². The van der Waals surface area contributed by atoms with E-state index in [1.807, 2.05) is 31.2 Å². The molecule has 90 valence electrons. The number of hydrogen-bond acceptors (Lipinski definition) is 6. The molecule has 18 heavy (non-hydrogen) atoms. The normalized spacial score (nSPS) is 10.8. The molecule has 0 atom stereocenters. The van der Waals surface area contributed by atoms with E-state index in [1.165, 1.54) is 0 Å². The number of aryl methyl sites for hydroxylation is 1. The molecule has 0 bridgehead atoms. The minimum Gasteiger partial charge on any atom is -0.337 e. The lowest BCUT2D eigenvalue weighted by Gasteiger charge is -2.08. The number of halogens is 1. The van der Waals surface area contributed by atoms with Crippen molar-refractivity contribution in [2.75, 3.05) is 5.32 Å². The minimum atomic E-state index is 0.224. The summed E-state index contributed by atoms with van der Waals surface area (Å²) in [6.45, 7) is 1.99. The maximum Gasteiger partial charge on any atom is 0.245 e. The number of aromatic nitrogens is 4. The molecule has 2 aromatic heterocycles. The van der Waals surface area contributed by atoms with Gasteiger partial charge in [0.25, 0.3) is 0 Å². The Morgan fingerprint density at radius 3 is 2.61 bits per heavy atom. The van der Waals surface area contributed by atoms with Crippen molar-refractivity contribution in [3.63, 3.8) is 0 Å². The van der Waals surface area contributed by atoms with E-state index in [0.717, 1.165) is 11.3 Å². The lowest BCUT2D eigenvalue weighted by atomic mass is 10.2. The molecule has 1 N–H and O–H groups in total. The summed E-state index contributed by atoms with van der Waals surface area (Å²) in [5.74, 6) is 0.425. The minimum absolute atomic E-state index is 0.224. The Labute approximate surface area is 107 Å². The molecule has 6 nitrogen and oxygen atoms in total. The smallest absolute Gasteiger partial charge is 0.245 e. The van der Waals surface area contributed by atoms with Crippen molar-refractivity contribution in [3.8, 4) is 0 Å². The van der Waals surface area contributed by atoms with Gasteiger partial charge in [-0.25, -0.2) is 14.6 Å². The molecule has 0 radical (unpaired) electrons. The van der Waals surface area contributed by atoms with Crippen molar-refractivity contribution >= 4 is 34.4 Å². The highest BCUT2D eigenvalue weighted by molar-refractivity contribution is 6.32. The van der Waals surface area contributed by atoms with Crippen LogP contribution in [0, 0.1) is 6.92 Å². The molecular formula is C11H8ClN5O. The predicted molar refractivity (Wildman–Crippen MR) is 66.9 cm³/mol. The van der Waals surface area contributed by atoms with Gasteiger partial charge in [-0.05, 0) is 28.9 Å². The van der Waals surface area contributed by atoms with Crippen LogP contribution in [0.1, 0.15) is 5.56 Å². The first-order valence-electron chi connectivity index (χ1n) is 5.22. The maximum atomic E-state index is 6.02. The second-order valence-electron chi connectivity index (χ2n) is 3.71. The van der Waals surface area contributed by atoms with E-state index in [-0.39, 0.29) is 10.8 Å². The van der Waals surface area contributed by atoms with E-state index in [2.05, 4.69) is 30.2 Å². The Balaban J connectivity index is 2.04. The molecule has 0 saturated heterocycles. The molecule has 0 unspecified atom stereocenters. The van der Waals surface area contributed by atoms with Crippen LogP contribution in [0.3, 0.4) is 0 Å². The van der Waals surface area contributed by atoms with Crippen molar-refractivity contribution in [1.29, 1.82) is 0 Å². The summed E-state index contributed by atoms with van der Waals surface area (Å²) in [7, 11) is 0. The van der Waals surface area contributed by atoms with E-state index in [9.17, 15) is 0 Å². The third-order valence-electron chi connectivity index (χ3n) is 2.47. The predicted octanol–water partition coefficient (Wildman–Crippen LogP) is 2.72. The Morgan fingerprint density at radius 2 is 1.83 bits per heavy atom. The quantitative estimate of drug-likeness (QED) is 0.764. The first-order valence-corrected chi connectivity index (χ1v) is 5.60. The molecule has 3 rings (SSSR count). The fourth-order valence-corrected chi connectivity index (χ4v) is 1.71. The van der Waals surface area contributed by atoms with Gasteiger partial charge in [-0.15, -0.1) is 0 Å². The maximum absolute atomic E-state index is 6.02. The zero-order chi connectivity index (χ0) is 12.5. The molecule has 0 amide bonds. The van der Waals surface area contributed by atoms with Gasteiger partial charge in [-0.1, -0.05) is 29.8 Å². The van der Waals surface area contributed by atoms with Gasteiger partial charge < -0.3 is 5.32 Å². The van der Waals surface area contributed by atoms with Crippen LogP contribution in [0.5, 0.6) is 0 Å². The first-order chi connectivity index (χ1) is 8.74. The Bertz CT molecular complexity index is 711. The zero-order valence-corrected chi connectivity index (χ0v) is 10.1. The van der Waals surface area contributed by atoms with Crippen molar-refractivity contribution < 1.29 is 4.63 Å². The van der Waals surface area contributed by atoms with Crippen LogP contribution in [0.4, 0.5) is 11.5 Å². The zero-order valence-electron chi connectivity index (χ0n) is 9.38. The van der Waals surface area contributed by atoms with Crippen LogP contribution >= 0.6 is 11.6 Å². The highest BCUT2D eigenvalue weighted by Gasteiger charge is 2.11. The molecule has 7 heteroatoms. The van der Waals surface area contributed by atoms with Crippen LogP contribution in [0.2, 0.25) is 5.15 Å². The third-order valence-corrected chi connectivity index (χ3v) is 2.73. The van der Waals surface area contributed by atoms with E-state index in [0.29, 0.717) is 11.5 Å². The molecular weight excluding hydrogens is 254 g/mol. The summed E-state index contributed by atoms with van der Waals surface area (Å²) < 4.78 is 4.54. The van der Waals surface area contributed by atoms with Gasteiger partial charge in [0.2, 0.25) is 11.3 Å². The highest BCUT2D eigenvalue weighted by Crippen LogP contribution is 2.24. The molecule has 2 heterocycles. The Kier molecular flexibility index (Phi) is 2.56. The lowest BCUT2D eigenvalue weighted by Crippen LogP contribution is -1.98. The molecule has 0 saturated carbocycles. The largest absolute Gasteiger partial charge is 0.337 e. The fraction of sp³-hybridized carbons (Fsp3) is 0.0909. The fourth-order valence-electron chi connectivity index (χ4n) is 1.54. The van der Waals surface area contributed by atoms with Gasteiger partial charge >= 0.3 is 0 Å². The molecule has 0 spiro atoms. The summed E-state index contributed by atoms with van der Waals surface area (Å²) in [6.07, 6.45) is 0. The summed E-state index contributed by atoms with van der Waals surface area (Å²) in [6, 6.07) is 7.80. The van der Waals surface area contributed by atoms with Crippen LogP contribution < -0.4 is 5.32 Å². The number of nitrogens with one attached hydrogen (secondary N) is 1. The number of hydrogen-bond donors (Lipinski definition) is 1. The molecule has 0 fully saturated rings. The SMILES string of the molecule is Cc1ccccc1Nc1nc2nonc2nc1Cl. The second kappa shape index (κ2) is 4.23. The number of fused-ring (bicyclic) bond motifs is 1. The van der Waals surface area contributed by atoms with E-state index in [1.54, 1.807) is 0 Å². The van der Waals surface area contributed by atoms with Crippen molar-refractivity contribution in [2.24, 2.45) is 0 Å². The van der Waals surface area contributed by atoms with Gasteiger partial charge in [0.1, 0.15) is 0 Å². The van der Waals surface area contributed by atoms with Gasteiger partial charge in [0, 0.05) is 5.69 Å². The summed E-state index contributed by atoms with van der Waals surface area (Å²) in [4.78, 5) is 8.23. The third kappa shape index (κ3) is 1.86. The Morgan fingerprint density at radius 1 is 1.11 bits per heavy atom. The van der Waals surface area contributed by atoms with Gasteiger partial charge in [0.15, 0.2) is 11.0 Å². The number of benzene rings is 1. The molecule has 3 aromatic rings. The highest BCUT2D eigenvalue weighted by atomic mass is 35.5. The molecule has 0 aliphatic carbocycles. The molecule has 0 aliphatic rings. The number of para-hydroxylation sites is 1. The van der Waals surface area contributed by atoms with Crippen LogP contribution in [-0.2, 0) is 0 Å². The first kappa shape index (κ1) is 10.9. The Hall–Kier alpha value is -2.21. The standard InChI is InChI=1S/C11H8ClN5O/c1-6-4-2-3-5-7(6)13-9-8(12)14-10-11(15-9)17-18-16-10/h2-5H,1H3,(H,13,15,17). The van der Waals surface area contributed by atoms with Crippen molar-refractivity contribution in [3.05, 3.63) is 35.0 Å². The van der Waals surface area contributed by atoms with Crippen LogP contribution in [-0.4, -0.2) is 20.3 Å². The summed E-state index contributed by atoms with van der Waals surface area (Å²) in [5.41, 5.74) is 2.59. The average Bonchev–Trinajstić information content (AvgIpc) is 2.79. The van der Waals surface area contributed by atoms with Crippen LogP contribution in [0.25, 0.3) is 11.3 Å². The summed E-state index contributed by atoms with van der Waals surface area (Å²) >= 11 is 6.02. The number of nitrogens with zero attached hydrogens (tertiary/aromatic N) is 4. The number of anilines is 2. The van der Waals surface area contributed by atoms with Gasteiger partial charge in [-0.2, -0.15) is 0 Å². The lowest BCUT2D eigenvalue weighted by molar-refractivity contribution is 0.314. The topological polar surface area (TPSA) is 76.7 Å².